The summed E-state index contributed by atoms with van der Waals surface area (Å²) < 4.78 is 9.60. The highest BCUT2D eigenvalue weighted by molar-refractivity contribution is 5.73. The largest absolute Gasteiger partial charge is 0.466 e. The molecule has 0 aromatic carbocycles. The summed E-state index contributed by atoms with van der Waals surface area (Å²) in [6.07, 6.45) is -0.686. The SMILES string of the molecule is CCOC(=O)[C@H]1COC[C@@H]1O. The third-order valence-electron chi connectivity index (χ3n) is 1.64. The molecule has 1 aliphatic heterocycles. The van der Waals surface area contributed by atoms with E-state index in [0.717, 1.165) is 0 Å². The van der Waals surface area contributed by atoms with Gasteiger partial charge in [-0.3, -0.25) is 4.79 Å². The highest BCUT2D eigenvalue weighted by atomic mass is 16.5. The predicted molar refractivity (Wildman–Crippen MR) is 36.9 cm³/mol. The van der Waals surface area contributed by atoms with Crippen molar-refractivity contribution >= 4 is 5.97 Å². The molecule has 1 heterocycles. The third kappa shape index (κ3) is 1.91. The number of esters is 1. The van der Waals surface area contributed by atoms with Crippen molar-refractivity contribution in [2.24, 2.45) is 5.92 Å². The molecule has 11 heavy (non-hydrogen) atoms. The second-order valence-electron chi connectivity index (χ2n) is 2.46. The van der Waals surface area contributed by atoms with E-state index < -0.39 is 12.0 Å². The standard InChI is InChI=1S/C7H12O4/c1-2-11-7(9)5-3-10-4-6(5)8/h5-6,8H,2-4H2,1H3/t5-,6-/m0/s1. The molecular weight excluding hydrogens is 148 g/mol. The summed E-state index contributed by atoms with van der Waals surface area (Å²) >= 11 is 0. The molecule has 1 saturated heterocycles. The van der Waals surface area contributed by atoms with Crippen LogP contribution in [0.15, 0.2) is 0 Å². The van der Waals surface area contributed by atoms with Crippen molar-refractivity contribution in [3.63, 3.8) is 0 Å². The first-order chi connectivity index (χ1) is 5.25. The first-order valence-corrected chi connectivity index (χ1v) is 3.68. The summed E-state index contributed by atoms with van der Waals surface area (Å²) in [5.41, 5.74) is 0. The van der Waals surface area contributed by atoms with Crippen LogP contribution < -0.4 is 0 Å². The fourth-order valence-corrected chi connectivity index (χ4v) is 1.02. The Morgan fingerprint density at radius 1 is 1.73 bits per heavy atom. The number of ether oxygens (including phenoxy) is 2. The first-order valence-electron chi connectivity index (χ1n) is 3.68. The second kappa shape index (κ2) is 3.69. The minimum Gasteiger partial charge on any atom is -0.466 e. The van der Waals surface area contributed by atoms with Crippen LogP contribution in [0.2, 0.25) is 0 Å². The van der Waals surface area contributed by atoms with E-state index in [9.17, 15) is 4.79 Å². The van der Waals surface area contributed by atoms with Crippen molar-refractivity contribution in [2.45, 2.75) is 13.0 Å². The van der Waals surface area contributed by atoms with Crippen molar-refractivity contribution in [2.75, 3.05) is 19.8 Å². The zero-order chi connectivity index (χ0) is 8.27. The molecule has 1 N–H and O–H groups in total. The van der Waals surface area contributed by atoms with Gasteiger partial charge >= 0.3 is 5.97 Å². The fraction of sp³-hybridized carbons (Fsp3) is 0.857. The lowest BCUT2D eigenvalue weighted by molar-refractivity contribution is -0.150. The Morgan fingerprint density at radius 3 is 2.91 bits per heavy atom. The van der Waals surface area contributed by atoms with Crippen LogP contribution in [0.25, 0.3) is 0 Å². The Hall–Kier alpha value is -0.610. The molecule has 0 spiro atoms. The average Bonchev–Trinajstić information content (AvgIpc) is 2.36. The van der Waals surface area contributed by atoms with E-state index in [1.807, 2.05) is 0 Å². The Morgan fingerprint density at radius 2 is 2.45 bits per heavy atom. The Kier molecular flexibility index (Phi) is 2.84. The molecule has 4 nitrogen and oxygen atoms in total. The van der Waals surface area contributed by atoms with Crippen molar-refractivity contribution in [1.82, 2.24) is 0 Å². The predicted octanol–water partition coefficient (Wildman–Crippen LogP) is -0.443. The molecule has 0 saturated carbocycles. The highest BCUT2D eigenvalue weighted by Crippen LogP contribution is 2.14. The van der Waals surface area contributed by atoms with E-state index in [1.165, 1.54) is 0 Å². The number of carbonyl (C=O) groups excluding carboxylic acids is 1. The van der Waals surface area contributed by atoms with Crippen molar-refractivity contribution < 1.29 is 19.4 Å². The third-order valence-corrected chi connectivity index (χ3v) is 1.64. The van der Waals surface area contributed by atoms with Crippen LogP contribution in [0.4, 0.5) is 0 Å². The fourth-order valence-electron chi connectivity index (χ4n) is 1.02. The minimum absolute atomic E-state index is 0.240. The van der Waals surface area contributed by atoms with Gasteiger partial charge in [0.1, 0.15) is 5.92 Å². The lowest BCUT2D eigenvalue weighted by Crippen LogP contribution is -2.28. The van der Waals surface area contributed by atoms with Gasteiger partial charge in [0.15, 0.2) is 0 Å². The van der Waals surface area contributed by atoms with Gasteiger partial charge in [0.05, 0.1) is 25.9 Å². The van der Waals surface area contributed by atoms with E-state index in [4.69, 9.17) is 14.6 Å². The number of carbonyl (C=O) groups is 1. The molecular formula is C7H12O4. The van der Waals surface area contributed by atoms with Gasteiger partial charge in [0, 0.05) is 0 Å². The van der Waals surface area contributed by atoms with Gasteiger partial charge in [-0.1, -0.05) is 0 Å². The van der Waals surface area contributed by atoms with E-state index in [2.05, 4.69) is 0 Å². The van der Waals surface area contributed by atoms with E-state index in [1.54, 1.807) is 6.92 Å². The van der Waals surface area contributed by atoms with Gasteiger partial charge in [-0.05, 0) is 6.92 Å². The van der Waals surface area contributed by atoms with Crippen molar-refractivity contribution in [1.29, 1.82) is 0 Å². The summed E-state index contributed by atoms with van der Waals surface area (Å²) in [4.78, 5) is 11.0. The topological polar surface area (TPSA) is 55.8 Å². The molecule has 2 atom stereocenters. The zero-order valence-corrected chi connectivity index (χ0v) is 6.45. The maximum Gasteiger partial charge on any atom is 0.314 e. The van der Waals surface area contributed by atoms with Crippen LogP contribution in [0.3, 0.4) is 0 Å². The zero-order valence-electron chi connectivity index (χ0n) is 6.45. The molecule has 1 fully saturated rings. The molecule has 4 heteroatoms. The highest BCUT2D eigenvalue weighted by Gasteiger charge is 2.33. The molecule has 0 bridgehead atoms. The smallest absolute Gasteiger partial charge is 0.314 e. The average molecular weight is 160 g/mol. The number of rotatable bonds is 2. The van der Waals surface area contributed by atoms with Gasteiger partial charge in [-0.2, -0.15) is 0 Å². The summed E-state index contributed by atoms with van der Waals surface area (Å²) in [6, 6.07) is 0. The molecule has 0 radical (unpaired) electrons. The normalized spacial score (nSPS) is 30.4. The molecule has 64 valence electrons. The second-order valence-corrected chi connectivity index (χ2v) is 2.46. The summed E-state index contributed by atoms with van der Waals surface area (Å²) in [5.74, 6) is -0.840. The van der Waals surface area contributed by atoms with Crippen LogP contribution in [-0.2, 0) is 14.3 Å². The summed E-state index contributed by atoms with van der Waals surface area (Å²) in [5, 5.41) is 9.16. The summed E-state index contributed by atoms with van der Waals surface area (Å²) in [7, 11) is 0. The number of hydrogen-bond donors (Lipinski definition) is 1. The molecule has 1 aliphatic rings. The molecule has 0 amide bonds. The molecule has 1 rings (SSSR count). The van der Waals surface area contributed by atoms with Gasteiger partial charge < -0.3 is 14.6 Å². The molecule has 0 aliphatic carbocycles. The molecule has 0 aromatic heterocycles. The van der Waals surface area contributed by atoms with E-state index >= 15 is 0 Å². The van der Waals surface area contributed by atoms with Crippen LogP contribution in [-0.4, -0.2) is 37.0 Å². The molecule has 0 aromatic rings. The van der Waals surface area contributed by atoms with Gasteiger partial charge in [0.25, 0.3) is 0 Å². The maximum atomic E-state index is 11.0. The van der Waals surface area contributed by atoms with Crippen LogP contribution >= 0.6 is 0 Å². The van der Waals surface area contributed by atoms with Crippen LogP contribution in [0, 0.1) is 5.92 Å². The monoisotopic (exact) mass is 160 g/mol. The van der Waals surface area contributed by atoms with Gasteiger partial charge in [-0.25, -0.2) is 0 Å². The number of aliphatic hydroxyl groups excluding tert-OH is 1. The Labute approximate surface area is 65.1 Å². The number of hydrogen-bond acceptors (Lipinski definition) is 4. The van der Waals surface area contributed by atoms with Crippen LogP contribution in [0.5, 0.6) is 0 Å². The van der Waals surface area contributed by atoms with Gasteiger partial charge in [0.2, 0.25) is 0 Å². The van der Waals surface area contributed by atoms with Crippen LogP contribution in [0.1, 0.15) is 6.92 Å². The maximum absolute atomic E-state index is 11.0. The summed E-state index contributed by atoms with van der Waals surface area (Å²) in [6.45, 7) is 2.60. The van der Waals surface area contributed by atoms with Crippen molar-refractivity contribution in [3.8, 4) is 0 Å². The Balaban J connectivity index is 2.39. The Bertz CT molecular complexity index is 145. The van der Waals surface area contributed by atoms with Gasteiger partial charge in [-0.15, -0.1) is 0 Å². The van der Waals surface area contributed by atoms with Crippen molar-refractivity contribution in [3.05, 3.63) is 0 Å². The minimum atomic E-state index is -0.686. The van der Waals surface area contributed by atoms with E-state index in [0.29, 0.717) is 6.61 Å². The lowest BCUT2D eigenvalue weighted by atomic mass is 10.1. The van der Waals surface area contributed by atoms with E-state index in [-0.39, 0.29) is 19.2 Å². The molecule has 0 unspecified atom stereocenters. The lowest BCUT2D eigenvalue weighted by Gasteiger charge is -2.09. The number of aliphatic hydroxyl groups is 1. The first kappa shape index (κ1) is 8.49. The quantitative estimate of drug-likeness (QED) is 0.556.